The quantitative estimate of drug-likeness (QED) is 0.585. The maximum Gasteiger partial charge on any atom is 0.231 e. The molecule has 9 heteroatoms. The topological polar surface area (TPSA) is 108 Å². The summed E-state index contributed by atoms with van der Waals surface area (Å²) in [5.74, 6) is -0.689. The molecule has 0 radical (unpaired) electrons. The highest BCUT2D eigenvalue weighted by Gasteiger charge is 2.29. The van der Waals surface area contributed by atoms with Crippen molar-refractivity contribution in [2.45, 2.75) is 32.4 Å². The number of nitrogens with one attached hydrogen (secondary N) is 1. The number of nitrogens with zero attached hydrogens (tertiary/aromatic N) is 4. The third kappa shape index (κ3) is 5.48. The molecule has 31 heavy (non-hydrogen) atoms. The number of halogens is 1. The molecule has 2 aromatic rings. The van der Waals surface area contributed by atoms with Crippen molar-refractivity contribution in [3.8, 4) is 0 Å². The second-order valence-electron chi connectivity index (χ2n) is 8.20. The molecule has 8 nitrogen and oxygen atoms in total. The summed E-state index contributed by atoms with van der Waals surface area (Å²) in [6.45, 7) is 5.56. The fourth-order valence-corrected chi connectivity index (χ4v) is 4.05. The molecule has 0 bridgehead atoms. The van der Waals surface area contributed by atoms with Gasteiger partial charge in [-0.1, -0.05) is 24.3 Å². The van der Waals surface area contributed by atoms with Crippen LogP contribution >= 0.6 is 0 Å². The number of aliphatic hydroxyl groups excluding tert-OH is 1. The number of primary amides is 1. The number of aromatic nitrogens is 2. The van der Waals surface area contributed by atoms with E-state index in [0.717, 1.165) is 11.1 Å². The average Bonchev–Trinajstić information content (AvgIpc) is 2.73. The Bertz CT molecular complexity index is 911. The van der Waals surface area contributed by atoms with Gasteiger partial charge in [0.05, 0.1) is 18.7 Å². The van der Waals surface area contributed by atoms with Crippen LogP contribution in [0.4, 0.5) is 16.0 Å². The molecule has 1 aromatic carbocycles. The number of anilines is 2. The van der Waals surface area contributed by atoms with E-state index >= 15 is 4.39 Å². The number of benzene rings is 1. The Balaban J connectivity index is 1.66. The number of amides is 1. The van der Waals surface area contributed by atoms with Crippen LogP contribution in [0.15, 0.2) is 30.6 Å². The molecular weight excluding hydrogens is 399 g/mol. The first-order valence-electron chi connectivity index (χ1n) is 10.5. The van der Waals surface area contributed by atoms with Gasteiger partial charge in [-0.2, -0.15) is 4.39 Å². The molecule has 4 N–H and O–H groups in total. The first-order valence-corrected chi connectivity index (χ1v) is 10.5. The van der Waals surface area contributed by atoms with E-state index in [2.05, 4.69) is 15.3 Å². The van der Waals surface area contributed by atoms with Crippen LogP contribution in [0.3, 0.4) is 0 Å². The smallest absolute Gasteiger partial charge is 0.231 e. The summed E-state index contributed by atoms with van der Waals surface area (Å²) in [6, 6.07) is 7.93. The Morgan fingerprint density at radius 2 is 2.16 bits per heavy atom. The number of hydrogen-bond donors (Lipinski definition) is 3. The SMILES string of the molecule is Cc1ccccc1C(C)N(C)c1ncnc(NC[C@@H]2CCN(CC(N)=O)C[C@H]2O)c1F. The van der Waals surface area contributed by atoms with Crippen LogP contribution in [-0.4, -0.2) is 65.2 Å². The van der Waals surface area contributed by atoms with Crippen LogP contribution < -0.4 is 16.0 Å². The van der Waals surface area contributed by atoms with E-state index in [1.807, 2.05) is 50.1 Å². The van der Waals surface area contributed by atoms with Crippen LogP contribution in [-0.2, 0) is 4.79 Å². The third-order valence-corrected chi connectivity index (χ3v) is 6.04. The average molecular weight is 431 g/mol. The van der Waals surface area contributed by atoms with Crippen molar-refractivity contribution >= 4 is 17.5 Å². The summed E-state index contributed by atoms with van der Waals surface area (Å²) in [4.78, 5) is 22.9. The van der Waals surface area contributed by atoms with Gasteiger partial charge in [0.25, 0.3) is 0 Å². The lowest BCUT2D eigenvalue weighted by molar-refractivity contribution is -0.120. The normalized spacial score (nSPS) is 20.3. The monoisotopic (exact) mass is 430 g/mol. The molecule has 3 rings (SSSR count). The lowest BCUT2D eigenvalue weighted by atomic mass is 9.93. The molecule has 0 aliphatic carbocycles. The van der Waals surface area contributed by atoms with Gasteiger partial charge in [0.2, 0.25) is 11.7 Å². The number of nitrogens with two attached hydrogens (primary N) is 1. The molecule has 1 aliphatic rings. The molecule has 1 saturated heterocycles. The van der Waals surface area contributed by atoms with Crippen molar-refractivity contribution in [3.63, 3.8) is 0 Å². The Labute approximate surface area is 182 Å². The molecular formula is C22H31FN6O2. The summed E-state index contributed by atoms with van der Waals surface area (Å²) in [7, 11) is 1.81. The fraction of sp³-hybridized carbons (Fsp3) is 0.500. The van der Waals surface area contributed by atoms with Gasteiger partial charge in [-0.15, -0.1) is 0 Å². The van der Waals surface area contributed by atoms with E-state index in [0.29, 0.717) is 26.1 Å². The van der Waals surface area contributed by atoms with Gasteiger partial charge in [0.1, 0.15) is 6.33 Å². The maximum atomic E-state index is 15.2. The highest BCUT2D eigenvalue weighted by atomic mass is 19.1. The molecule has 1 aliphatic heterocycles. The molecule has 3 atom stereocenters. The van der Waals surface area contributed by atoms with Crippen molar-refractivity contribution in [1.29, 1.82) is 0 Å². The zero-order valence-electron chi connectivity index (χ0n) is 18.3. The lowest BCUT2D eigenvalue weighted by Crippen LogP contribution is -2.48. The summed E-state index contributed by atoms with van der Waals surface area (Å²) in [6.07, 6.45) is 1.38. The van der Waals surface area contributed by atoms with E-state index in [4.69, 9.17) is 5.73 Å². The second kappa shape index (κ2) is 10.0. The zero-order chi connectivity index (χ0) is 22.5. The van der Waals surface area contributed by atoms with E-state index in [1.165, 1.54) is 6.33 Å². The number of carbonyl (C=O) groups is 1. The number of hydrogen-bond acceptors (Lipinski definition) is 7. The number of likely N-dealkylation sites (tertiary alicyclic amines) is 1. The minimum Gasteiger partial charge on any atom is -0.391 e. The van der Waals surface area contributed by atoms with Crippen molar-refractivity contribution < 1.29 is 14.3 Å². The number of carbonyl (C=O) groups excluding carboxylic acids is 1. The largest absolute Gasteiger partial charge is 0.391 e. The molecule has 1 amide bonds. The predicted molar refractivity (Wildman–Crippen MR) is 118 cm³/mol. The first kappa shape index (κ1) is 22.9. The van der Waals surface area contributed by atoms with Gasteiger partial charge in [0, 0.05) is 26.1 Å². The van der Waals surface area contributed by atoms with Gasteiger partial charge in [-0.25, -0.2) is 9.97 Å². The number of aliphatic hydroxyl groups is 1. The fourth-order valence-electron chi connectivity index (χ4n) is 4.05. The Kier molecular flexibility index (Phi) is 7.40. The number of rotatable bonds is 8. The van der Waals surface area contributed by atoms with Crippen molar-refractivity contribution in [2.24, 2.45) is 11.7 Å². The van der Waals surface area contributed by atoms with Crippen LogP contribution in [0.5, 0.6) is 0 Å². The van der Waals surface area contributed by atoms with Gasteiger partial charge in [-0.05, 0) is 37.9 Å². The molecule has 0 saturated carbocycles. The molecule has 1 fully saturated rings. The van der Waals surface area contributed by atoms with E-state index in [9.17, 15) is 9.90 Å². The van der Waals surface area contributed by atoms with E-state index in [-0.39, 0.29) is 30.1 Å². The predicted octanol–water partition coefficient (Wildman–Crippen LogP) is 1.70. The summed E-state index contributed by atoms with van der Waals surface area (Å²) in [5, 5.41) is 13.4. The van der Waals surface area contributed by atoms with E-state index < -0.39 is 17.8 Å². The van der Waals surface area contributed by atoms with Crippen LogP contribution in [0.2, 0.25) is 0 Å². The highest BCUT2D eigenvalue weighted by molar-refractivity contribution is 5.75. The minimum atomic E-state index is -0.631. The Morgan fingerprint density at radius 3 is 2.84 bits per heavy atom. The molecule has 2 heterocycles. The van der Waals surface area contributed by atoms with Crippen LogP contribution in [0, 0.1) is 18.7 Å². The van der Waals surface area contributed by atoms with Crippen molar-refractivity contribution in [3.05, 3.63) is 47.5 Å². The Hall–Kier alpha value is -2.78. The maximum absolute atomic E-state index is 15.2. The molecule has 168 valence electrons. The summed E-state index contributed by atoms with van der Waals surface area (Å²) >= 11 is 0. The standard InChI is InChI=1S/C22H31FN6O2/c1-14-6-4-5-7-17(14)15(2)28(3)22-20(23)21(26-13-27-22)25-10-16-8-9-29(11-18(16)30)12-19(24)31/h4-7,13,15-16,18,30H,8-12H2,1-3H3,(H2,24,31)(H,25,26,27)/t15?,16-,18+/m0/s1. The molecule has 0 spiro atoms. The van der Waals surface area contributed by atoms with Crippen LogP contribution in [0.25, 0.3) is 0 Å². The van der Waals surface area contributed by atoms with Crippen LogP contribution in [0.1, 0.15) is 30.5 Å². The van der Waals surface area contributed by atoms with Gasteiger partial charge in [0.15, 0.2) is 11.6 Å². The minimum absolute atomic E-state index is 0.0742. The summed E-state index contributed by atoms with van der Waals surface area (Å²) < 4.78 is 15.2. The van der Waals surface area contributed by atoms with Gasteiger partial charge < -0.3 is 21.1 Å². The zero-order valence-corrected chi connectivity index (χ0v) is 18.3. The van der Waals surface area contributed by atoms with Gasteiger partial charge in [-0.3, -0.25) is 9.69 Å². The highest BCUT2D eigenvalue weighted by Crippen LogP contribution is 2.29. The molecule has 1 aromatic heterocycles. The van der Waals surface area contributed by atoms with Gasteiger partial charge >= 0.3 is 0 Å². The molecule has 1 unspecified atom stereocenters. The van der Waals surface area contributed by atoms with Crippen molar-refractivity contribution in [1.82, 2.24) is 14.9 Å². The third-order valence-electron chi connectivity index (χ3n) is 6.04. The Morgan fingerprint density at radius 1 is 1.42 bits per heavy atom. The summed E-state index contributed by atoms with van der Waals surface area (Å²) in [5.41, 5.74) is 7.46. The number of β-amino-alcohol motifs (C(OH)–C–C–N with tert-alkyl or cyclic N) is 1. The number of aryl methyl sites for hydroxylation is 1. The van der Waals surface area contributed by atoms with Crippen molar-refractivity contribution in [2.75, 3.05) is 43.4 Å². The first-order chi connectivity index (χ1) is 14.8. The second-order valence-corrected chi connectivity index (χ2v) is 8.20. The van der Waals surface area contributed by atoms with E-state index in [1.54, 1.807) is 4.90 Å². The lowest BCUT2D eigenvalue weighted by Gasteiger charge is -2.35. The number of piperidine rings is 1.